The van der Waals surface area contributed by atoms with Crippen LogP contribution in [-0.2, 0) is 9.47 Å². The molecule has 5 rings (SSSR count). The van der Waals surface area contributed by atoms with Gasteiger partial charge in [0.05, 0.1) is 24.0 Å². The van der Waals surface area contributed by atoms with Crippen LogP contribution in [0.5, 0.6) is 5.75 Å². The van der Waals surface area contributed by atoms with Crippen LogP contribution < -0.4 is 4.74 Å². The van der Waals surface area contributed by atoms with Crippen molar-refractivity contribution in [2.24, 2.45) is 0 Å². The van der Waals surface area contributed by atoms with Gasteiger partial charge in [-0.05, 0) is 91.2 Å². The molecule has 9 nitrogen and oxygen atoms in total. The molecule has 2 aromatic rings. The summed E-state index contributed by atoms with van der Waals surface area (Å²) in [6.45, 7) is 7.74. The Morgan fingerprint density at radius 3 is 2.26 bits per heavy atom. The first kappa shape index (κ1) is 24.0. The van der Waals surface area contributed by atoms with E-state index in [0.717, 1.165) is 68.6 Å². The third-order valence-electron chi connectivity index (χ3n) is 7.27. The summed E-state index contributed by atoms with van der Waals surface area (Å²) in [5.41, 5.74) is 0.391. The Hall–Kier alpha value is -2.68. The third kappa shape index (κ3) is 5.60. The van der Waals surface area contributed by atoms with Gasteiger partial charge in [-0.3, -0.25) is 0 Å². The lowest BCUT2D eigenvalue weighted by atomic mass is 9.93. The Labute approximate surface area is 207 Å². The van der Waals surface area contributed by atoms with Crippen molar-refractivity contribution >= 4 is 6.09 Å². The molecule has 0 spiro atoms. The molecule has 1 unspecified atom stereocenters. The number of piperidine rings is 1. The van der Waals surface area contributed by atoms with E-state index in [1.165, 1.54) is 6.33 Å². The first-order valence-electron chi connectivity index (χ1n) is 12.9. The van der Waals surface area contributed by atoms with Crippen LogP contribution in [0.25, 0.3) is 5.82 Å². The molecule has 0 N–H and O–H groups in total. The van der Waals surface area contributed by atoms with Crippen molar-refractivity contribution in [1.29, 1.82) is 0 Å². The van der Waals surface area contributed by atoms with Crippen molar-refractivity contribution in [1.82, 2.24) is 24.6 Å². The Morgan fingerprint density at radius 2 is 1.66 bits per heavy atom. The SMILES string of the molecule is Cc1nc(-n2cncn2)ccc1OC1CCC(OC2C[C@H]3CC[C@@H](C2)N3C(=O)OC(C)(C)C)CC1. The number of carbonyl (C=O) groups excluding carboxylic acids is 1. The first-order chi connectivity index (χ1) is 16.7. The molecule has 35 heavy (non-hydrogen) atoms. The third-order valence-corrected chi connectivity index (χ3v) is 7.27. The summed E-state index contributed by atoms with van der Waals surface area (Å²) in [5.74, 6) is 1.56. The van der Waals surface area contributed by atoms with Crippen LogP contribution in [0, 0.1) is 6.92 Å². The summed E-state index contributed by atoms with van der Waals surface area (Å²) in [4.78, 5) is 23.3. The van der Waals surface area contributed by atoms with E-state index < -0.39 is 5.60 Å². The van der Waals surface area contributed by atoms with Crippen molar-refractivity contribution in [2.75, 3.05) is 0 Å². The average molecular weight is 484 g/mol. The minimum atomic E-state index is -0.460. The topological polar surface area (TPSA) is 91.6 Å². The van der Waals surface area contributed by atoms with E-state index in [1.54, 1.807) is 11.0 Å². The molecular formula is C26H37N5O4. The maximum atomic E-state index is 12.7. The van der Waals surface area contributed by atoms with Crippen molar-refractivity contribution < 1.29 is 19.0 Å². The van der Waals surface area contributed by atoms with Gasteiger partial charge in [-0.25, -0.2) is 19.4 Å². The summed E-state index contributed by atoms with van der Waals surface area (Å²) >= 11 is 0. The van der Waals surface area contributed by atoms with Crippen LogP contribution in [0.3, 0.4) is 0 Å². The lowest BCUT2D eigenvalue weighted by Crippen LogP contribution is -2.50. The van der Waals surface area contributed by atoms with Crippen LogP contribution in [0.2, 0.25) is 0 Å². The van der Waals surface area contributed by atoms with Crippen molar-refractivity contribution in [3.05, 3.63) is 30.5 Å². The Morgan fingerprint density at radius 1 is 0.971 bits per heavy atom. The summed E-state index contributed by atoms with van der Waals surface area (Å²) in [6, 6.07) is 4.35. The summed E-state index contributed by atoms with van der Waals surface area (Å²) < 4.78 is 20.2. The predicted molar refractivity (Wildman–Crippen MR) is 130 cm³/mol. The van der Waals surface area contributed by atoms with Gasteiger partial charge in [-0.2, -0.15) is 5.10 Å². The van der Waals surface area contributed by atoms with Gasteiger partial charge in [0, 0.05) is 12.1 Å². The summed E-state index contributed by atoms with van der Waals surface area (Å²) in [7, 11) is 0. The number of pyridine rings is 1. The number of rotatable bonds is 5. The van der Waals surface area contributed by atoms with Crippen LogP contribution in [0.4, 0.5) is 4.79 Å². The van der Waals surface area contributed by atoms with E-state index in [0.29, 0.717) is 0 Å². The molecule has 190 valence electrons. The molecule has 9 heteroatoms. The number of nitrogens with zero attached hydrogens (tertiary/aromatic N) is 5. The second-order valence-electron chi connectivity index (χ2n) is 11.1. The Bertz CT molecular complexity index is 999. The molecule has 3 aliphatic rings. The van der Waals surface area contributed by atoms with E-state index in [1.807, 2.05) is 44.7 Å². The highest BCUT2D eigenvalue weighted by atomic mass is 16.6. The lowest BCUT2D eigenvalue weighted by Gasteiger charge is -2.41. The van der Waals surface area contributed by atoms with Crippen LogP contribution >= 0.6 is 0 Å². The van der Waals surface area contributed by atoms with Gasteiger partial charge in [0.2, 0.25) is 0 Å². The lowest BCUT2D eigenvalue weighted by molar-refractivity contribution is -0.0813. The largest absolute Gasteiger partial charge is 0.489 e. The Balaban J connectivity index is 1.09. The minimum absolute atomic E-state index is 0.166. The summed E-state index contributed by atoms with van der Waals surface area (Å²) in [6.07, 6.45) is 11.5. The molecule has 1 saturated carbocycles. The second-order valence-corrected chi connectivity index (χ2v) is 11.1. The normalized spacial score (nSPS) is 28.7. The fraction of sp³-hybridized carbons (Fsp3) is 0.692. The van der Waals surface area contributed by atoms with E-state index in [2.05, 4.69) is 15.1 Å². The number of fused-ring (bicyclic) bond motifs is 2. The fourth-order valence-electron chi connectivity index (χ4n) is 5.70. The van der Waals surface area contributed by atoms with Gasteiger partial charge < -0.3 is 19.1 Å². The number of carbonyl (C=O) groups is 1. The van der Waals surface area contributed by atoms with Gasteiger partial charge in [0.15, 0.2) is 5.82 Å². The highest BCUT2D eigenvalue weighted by Gasteiger charge is 2.45. The minimum Gasteiger partial charge on any atom is -0.489 e. The van der Waals surface area contributed by atoms with Crippen LogP contribution in [0.15, 0.2) is 24.8 Å². The smallest absolute Gasteiger partial charge is 0.410 e. The first-order valence-corrected chi connectivity index (χ1v) is 12.9. The maximum Gasteiger partial charge on any atom is 0.410 e. The monoisotopic (exact) mass is 483 g/mol. The molecule has 2 bridgehead atoms. The molecule has 3 atom stereocenters. The molecule has 2 aliphatic heterocycles. The second kappa shape index (κ2) is 9.76. The zero-order valence-electron chi connectivity index (χ0n) is 21.2. The molecule has 1 aliphatic carbocycles. The van der Waals surface area contributed by atoms with E-state index in [-0.39, 0.29) is 36.5 Å². The highest BCUT2D eigenvalue weighted by molar-refractivity contribution is 5.69. The number of hydrogen-bond acceptors (Lipinski definition) is 7. The van der Waals surface area contributed by atoms with Crippen molar-refractivity contribution in [3.63, 3.8) is 0 Å². The number of aromatic nitrogens is 4. The molecule has 2 saturated heterocycles. The fourth-order valence-corrected chi connectivity index (χ4v) is 5.70. The molecule has 1 amide bonds. The number of ether oxygens (including phenoxy) is 3. The van der Waals surface area contributed by atoms with E-state index in [4.69, 9.17) is 14.2 Å². The van der Waals surface area contributed by atoms with Gasteiger partial charge in [-0.15, -0.1) is 0 Å². The van der Waals surface area contributed by atoms with Crippen LogP contribution in [-0.4, -0.2) is 66.7 Å². The van der Waals surface area contributed by atoms with Gasteiger partial charge in [-0.1, -0.05) is 0 Å². The molecule has 0 radical (unpaired) electrons. The molecule has 3 fully saturated rings. The molecule has 2 aromatic heterocycles. The summed E-state index contributed by atoms with van der Waals surface area (Å²) in [5, 5.41) is 4.13. The average Bonchev–Trinajstić information content (AvgIpc) is 3.42. The number of hydrogen-bond donors (Lipinski definition) is 0. The number of aryl methyl sites for hydroxylation is 1. The molecule has 4 heterocycles. The standard InChI is InChI=1S/C26H37N5O4/c1-17-23(11-12-24(29-17)30-16-27-15-28-30)34-21-9-7-20(8-10-21)33-22-13-18-5-6-19(14-22)31(18)25(32)35-26(2,3)4/h11-12,15-16,18-22H,5-10,13-14H2,1-4H3/t18-,19+,20?,21?,22?. The van der Waals surface area contributed by atoms with Crippen molar-refractivity contribution in [2.45, 2.75) is 115 Å². The molecule has 0 aromatic carbocycles. The van der Waals surface area contributed by atoms with Gasteiger partial charge in [0.25, 0.3) is 0 Å². The van der Waals surface area contributed by atoms with Gasteiger partial charge >= 0.3 is 6.09 Å². The maximum absolute atomic E-state index is 12.7. The van der Waals surface area contributed by atoms with E-state index in [9.17, 15) is 4.79 Å². The number of amides is 1. The quantitative estimate of drug-likeness (QED) is 0.613. The Kier molecular flexibility index (Phi) is 6.70. The zero-order valence-corrected chi connectivity index (χ0v) is 21.2. The van der Waals surface area contributed by atoms with E-state index >= 15 is 0 Å². The van der Waals surface area contributed by atoms with Crippen LogP contribution in [0.1, 0.15) is 77.8 Å². The zero-order chi connectivity index (χ0) is 24.6. The highest BCUT2D eigenvalue weighted by Crippen LogP contribution is 2.39. The van der Waals surface area contributed by atoms with Crippen molar-refractivity contribution in [3.8, 4) is 11.6 Å². The molecular weight excluding hydrogens is 446 g/mol. The van der Waals surface area contributed by atoms with Gasteiger partial charge in [0.1, 0.15) is 24.0 Å². The predicted octanol–water partition coefficient (Wildman–Crippen LogP) is 4.61.